The van der Waals surface area contributed by atoms with Gasteiger partial charge in [0, 0.05) is 19.0 Å². The second-order valence-electron chi connectivity index (χ2n) is 4.33. The molecule has 2 atom stereocenters. The molecule has 0 bridgehead atoms. The SMILES string of the molecule is Cn1cncc1C1C[C@@H](O)c2ccccc2O1. The zero-order valence-corrected chi connectivity index (χ0v) is 9.58. The van der Waals surface area contributed by atoms with Gasteiger partial charge in [0.1, 0.15) is 11.9 Å². The molecule has 1 aromatic heterocycles. The highest BCUT2D eigenvalue weighted by Crippen LogP contribution is 2.40. The monoisotopic (exact) mass is 230 g/mol. The lowest BCUT2D eigenvalue weighted by molar-refractivity contribution is 0.0623. The molecular formula is C13H14N2O2. The van der Waals surface area contributed by atoms with Crippen molar-refractivity contribution in [3.05, 3.63) is 48.0 Å². The Hall–Kier alpha value is -1.81. The van der Waals surface area contributed by atoms with Gasteiger partial charge in [-0.25, -0.2) is 4.98 Å². The number of aliphatic hydroxyl groups excluding tert-OH is 1. The minimum absolute atomic E-state index is 0.132. The van der Waals surface area contributed by atoms with Gasteiger partial charge in [0.05, 0.1) is 24.3 Å². The standard InChI is InChI=1S/C13H14N2O2/c1-15-8-14-7-10(15)13-6-11(16)9-4-2-3-5-12(9)17-13/h2-5,7-8,11,13,16H,6H2,1H3/t11-,13?/m1/s1. The van der Waals surface area contributed by atoms with Crippen molar-refractivity contribution in [3.8, 4) is 5.75 Å². The molecule has 4 heteroatoms. The van der Waals surface area contributed by atoms with E-state index in [1.807, 2.05) is 35.9 Å². The minimum atomic E-state index is -0.472. The van der Waals surface area contributed by atoms with Gasteiger partial charge in [-0.2, -0.15) is 0 Å². The molecule has 88 valence electrons. The van der Waals surface area contributed by atoms with E-state index < -0.39 is 6.10 Å². The summed E-state index contributed by atoms with van der Waals surface area (Å²) in [7, 11) is 1.93. The van der Waals surface area contributed by atoms with Crippen molar-refractivity contribution >= 4 is 0 Å². The smallest absolute Gasteiger partial charge is 0.143 e. The van der Waals surface area contributed by atoms with E-state index in [0.29, 0.717) is 6.42 Å². The van der Waals surface area contributed by atoms with E-state index in [9.17, 15) is 5.11 Å². The van der Waals surface area contributed by atoms with Crippen LogP contribution in [0, 0.1) is 0 Å². The fraction of sp³-hybridized carbons (Fsp3) is 0.308. The second-order valence-corrected chi connectivity index (χ2v) is 4.33. The fourth-order valence-corrected chi connectivity index (χ4v) is 2.25. The van der Waals surface area contributed by atoms with Gasteiger partial charge >= 0.3 is 0 Å². The van der Waals surface area contributed by atoms with Crippen LogP contribution in [0.4, 0.5) is 0 Å². The number of fused-ring (bicyclic) bond motifs is 1. The largest absolute Gasteiger partial charge is 0.484 e. The lowest BCUT2D eigenvalue weighted by Crippen LogP contribution is -2.20. The number of nitrogens with zero attached hydrogens (tertiary/aromatic N) is 2. The summed E-state index contributed by atoms with van der Waals surface area (Å²) in [6, 6.07) is 7.62. The van der Waals surface area contributed by atoms with Crippen LogP contribution in [0.25, 0.3) is 0 Å². The summed E-state index contributed by atoms with van der Waals surface area (Å²) in [6.45, 7) is 0. The lowest BCUT2D eigenvalue weighted by Gasteiger charge is -2.29. The molecule has 0 radical (unpaired) electrons. The summed E-state index contributed by atoms with van der Waals surface area (Å²) in [5.41, 5.74) is 1.85. The first-order chi connectivity index (χ1) is 8.25. The molecule has 1 N–H and O–H groups in total. The number of benzene rings is 1. The van der Waals surface area contributed by atoms with E-state index >= 15 is 0 Å². The third-order valence-corrected chi connectivity index (χ3v) is 3.17. The molecule has 1 aliphatic heterocycles. The fourth-order valence-electron chi connectivity index (χ4n) is 2.25. The molecule has 0 saturated heterocycles. The average molecular weight is 230 g/mol. The molecule has 1 unspecified atom stereocenters. The molecule has 0 amide bonds. The Morgan fingerprint density at radius 2 is 2.24 bits per heavy atom. The topological polar surface area (TPSA) is 47.3 Å². The molecule has 17 heavy (non-hydrogen) atoms. The normalized spacial score (nSPS) is 22.9. The second kappa shape index (κ2) is 3.89. The Balaban J connectivity index is 1.96. The number of para-hydroxylation sites is 1. The van der Waals surface area contributed by atoms with Crippen LogP contribution in [-0.4, -0.2) is 14.7 Å². The van der Waals surface area contributed by atoms with Crippen LogP contribution in [0.1, 0.15) is 29.9 Å². The van der Waals surface area contributed by atoms with E-state index in [2.05, 4.69) is 4.98 Å². The molecule has 4 nitrogen and oxygen atoms in total. The van der Waals surface area contributed by atoms with Crippen molar-refractivity contribution in [1.82, 2.24) is 9.55 Å². The van der Waals surface area contributed by atoms with Crippen molar-refractivity contribution in [2.45, 2.75) is 18.6 Å². The molecule has 2 heterocycles. The molecule has 0 aliphatic carbocycles. The van der Waals surface area contributed by atoms with Crippen LogP contribution in [0.2, 0.25) is 0 Å². The molecule has 1 aliphatic rings. The maximum absolute atomic E-state index is 10.1. The van der Waals surface area contributed by atoms with Crippen molar-refractivity contribution < 1.29 is 9.84 Å². The predicted octanol–water partition coefficient (Wildman–Crippen LogP) is 1.98. The van der Waals surface area contributed by atoms with E-state index in [0.717, 1.165) is 17.0 Å². The molecule has 0 spiro atoms. The summed E-state index contributed by atoms with van der Waals surface area (Å²) < 4.78 is 7.83. The lowest BCUT2D eigenvalue weighted by atomic mass is 9.98. The third-order valence-electron chi connectivity index (χ3n) is 3.17. The third kappa shape index (κ3) is 1.70. The minimum Gasteiger partial charge on any atom is -0.484 e. The van der Waals surface area contributed by atoms with Crippen LogP contribution in [0.3, 0.4) is 0 Å². The van der Waals surface area contributed by atoms with E-state index in [4.69, 9.17) is 4.74 Å². The van der Waals surface area contributed by atoms with Gasteiger partial charge in [-0.3, -0.25) is 0 Å². The number of aliphatic hydroxyl groups is 1. The molecule has 3 rings (SSSR count). The Morgan fingerprint density at radius 1 is 1.41 bits per heavy atom. The first-order valence-electron chi connectivity index (χ1n) is 5.65. The highest BCUT2D eigenvalue weighted by atomic mass is 16.5. The molecule has 0 fully saturated rings. The van der Waals surface area contributed by atoms with Crippen LogP contribution in [0.15, 0.2) is 36.8 Å². The van der Waals surface area contributed by atoms with Crippen molar-refractivity contribution in [1.29, 1.82) is 0 Å². The number of hydrogen-bond acceptors (Lipinski definition) is 3. The zero-order chi connectivity index (χ0) is 11.8. The first kappa shape index (κ1) is 10.4. The number of aromatic nitrogens is 2. The molecule has 2 aromatic rings. The average Bonchev–Trinajstić information content (AvgIpc) is 2.75. The first-order valence-corrected chi connectivity index (χ1v) is 5.65. The highest BCUT2D eigenvalue weighted by molar-refractivity contribution is 5.37. The summed E-state index contributed by atoms with van der Waals surface area (Å²) in [4.78, 5) is 4.08. The van der Waals surface area contributed by atoms with E-state index in [1.54, 1.807) is 12.5 Å². The predicted molar refractivity (Wildman–Crippen MR) is 62.6 cm³/mol. The summed E-state index contributed by atoms with van der Waals surface area (Å²) in [5.74, 6) is 0.762. The van der Waals surface area contributed by atoms with Gasteiger partial charge in [-0.1, -0.05) is 18.2 Å². The van der Waals surface area contributed by atoms with Gasteiger partial charge in [-0.05, 0) is 6.07 Å². The number of rotatable bonds is 1. The van der Waals surface area contributed by atoms with Crippen LogP contribution in [-0.2, 0) is 7.05 Å². The Kier molecular flexibility index (Phi) is 2.37. The van der Waals surface area contributed by atoms with Gasteiger partial charge in [0.25, 0.3) is 0 Å². The summed E-state index contributed by atoms with van der Waals surface area (Å²) in [6.07, 6.45) is 3.49. The molecule has 1 aromatic carbocycles. The van der Waals surface area contributed by atoms with Gasteiger partial charge in [-0.15, -0.1) is 0 Å². The quantitative estimate of drug-likeness (QED) is 0.814. The Labute approximate surface area is 99.5 Å². The maximum Gasteiger partial charge on any atom is 0.143 e. The number of hydrogen-bond donors (Lipinski definition) is 1. The number of aryl methyl sites for hydroxylation is 1. The van der Waals surface area contributed by atoms with Crippen molar-refractivity contribution in [2.75, 3.05) is 0 Å². The number of ether oxygens (including phenoxy) is 1. The Bertz CT molecular complexity index is 536. The number of imidazole rings is 1. The summed E-state index contributed by atoms with van der Waals surface area (Å²) in [5, 5.41) is 10.1. The maximum atomic E-state index is 10.1. The summed E-state index contributed by atoms with van der Waals surface area (Å²) >= 11 is 0. The molecule has 0 saturated carbocycles. The van der Waals surface area contributed by atoms with Gasteiger partial charge < -0.3 is 14.4 Å². The van der Waals surface area contributed by atoms with E-state index in [1.165, 1.54) is 0 Å². The van der Waals surface area contributed by atoms with Crippen molar-refractivity contribution in [3.63, 3.8) is 0 Å². The zero-order valence-electron chi connectivity index (χ0n) is 9.58. The van der Waals surface area contributed by atoms with Crippen molar-refractivity contribution in [2.24, 2.45) is 7.05 Å². The van der Waals surface area contributed by atoms with Crippen LogP contribution >= 0.6 is 0 Å². The van der Waals surface area contributed by atoms with Gasteiger partial charge in [0.2, 0.25) is 0 Å². The van der Waals surface area contributed by atoms with Gasteiger partial charge in [0.15, 0.2) is 0 Å². The Morgan fingerprint density at radius 3 is 3.00 bits per heavy atom. The van der Waals surface area contributed by atoms with E-state index in [-0.39, 0.29) is 6.10 Å². The van der Waals surface area contributed by atoms with Crippen LogP contribution in [0.5, 0.6) is 5.75 Å². The highest BCUT2D eigenvalue weighted by Gasteiger charge is 2.29. The van der Waals surface area contributed by atoms with Crippen LogP contribution < -0.4 is 4.74 Å². The molecular weight excluding hydrogens is 216 g/mol.